The van der Waals surface area contributed by atoms with Crippen LogP contribution in [0.4, 0.5) is 0 Å². The highest BCUT2D eigenvalue weighted by atomic mass is 16.5. The molecular formula is C22H22O5. The summed E-state index contributed by atoms with van der Waals surface area (Å²) in [7, 11) is 3.12. The van der Waals surface area contributed by atoms with Crippen LogP contribution in [0.2, 0.25) is 0 Å². The average Bonchev–Trinajstić information content (AvgIpc) is 2.67. The van der Waals surface area contributed by atoms with E-state index in [9.17, 15) is 4.79 Å². The Hall–Kier alpha value is -3.21. The number of benzene rings is 2. The lowest BCUT2D eigenvalue weighted by Gasteiger charge is -2.14. The van der Waals surface area contributed by atoms with Gasteiger partial charge in [0.15, 0.2) is 17.3 Å². The van der Waals surface area contributed by atoms with Crippen molar-refractivity contribution in [3.05, 3.63) is 64.3 Å². The highest BCUT2D eigenvalue weighted by Gasteiger charge is 2.20. The van der Waals surface area contributed by atoms with Crippen LogP contribution in [0.5, 0.6) is 17.2 Å². The third-order valence-corrected chi connectivity index (χ3v) is 4.27. The fourth-order valence-corrected chi connectivity index (χ4v) is 3.07. The number of ether oxygens (including phenoxy) is 3. The molecule has 0 bridgehead atoms. The average molecular weight is 366 g/mol. The van der Waals surface area contributed by atoms with Gasteiger partial charge in [-0.1, -0.05) is 18.7 Å². The molecule has 27 heavy (non-hydrogen) atoms. The molecule has 2 aromatic carbocycles. The molecule has 1 heterocycles. The third-order valence-electron chi connectivity index (χ3n) is 4.27. The molecule has 0 amide bonds. The zero-order valence-electron chi connectivity index (χ0n) is 15.9. The molecule has 0 N–H and O–H groups in total. The molecule has 0 saturated heterocycles. The molecule has 0 saturated carbocycles. The normalized spacial score (nSPS) is 10.7. The molecule has 1 aromatic heterocycles. The molecule has 0 atom stereocenters. The van der Waals surface area contributed by atoms with Crippen molar-refractivity contribution in [2.24, 2.45) is 0 Å². The standard InChI is InChI=1S/C22H22O5/c1-6-9-26-22-19(23)16-11-13(2)10-14(3)20(16)27-21(22)15-7-8-17(24-4)18(12-15)25-5/h6-8,10-12H,1,9H2,2-5H3. The van der Waals surface area contributed by atoms with Gasteiger partial charge in [-0.25, -0.2) is 0 Å². The molecule has 5 heteroatoms. The van der Waals surface area contributed by atoms with E-state index in [4.69, 9.17) is 18.6 Å². The Bertz CT molecular complexity index is 1060. The Morgan fingerprint density at radius 2 is 1.81 bits per heavy atom. The van der Waals surface area contributed by atoms with Gasteiger partial charge >= 0.3 is 0 Å². The van der Waals surface area contributed by atoms with E-state index >= 15 is 0 Å². The van der Waals surface area contributed by atoms with Crippen LogP contribution in [-0.4, -0.2) is 20.8 Å². The van der Waals surface area contributed by atoms with Gasteiger partial charge in [0.25, 0.3) is 0 Å². The van der Waals surface area contributed by atoms with Crippen LogP contribution in [0.15, 0.2) is 52.2 Å². The zero-order valence-corrected chi connectivity index (χ0v) is 15.9. The predicted molar refractivity (Wildman–Crippen MR) is 106 cm³/mol. The van der Waals surface area contributed by atoms with Crippen molar-refractivity contribution >= 4 is 11.0 Å². The number of rotatable bonds is 6. The van der Waals surface area contributed by atoms with Crippen molar-refractivity contribution in [3.8, 4) is 28.6 Å². The summed E-state index contributed by atoms with van der Waals surface area (Å²) in [6.45, 7) is 7.71. The first-order valence-corrected chi connectivity index (χ1v) is 8.54. The number of aryl methyl sites for hydroxylation is 2. The lowest BCUT2D eigenvalue weighted by atomic mass is 10.0. The molecule has 140 valence electrons. The van der Waals surface area contributed by atoms with Crippen molar-refractivity contribution in [2.45, 2.75) is 13.8 Å². The van der Waals surface area contributed by atoms with Crippen LogP contribution in [0.1, 0.15) is 11.1 Å². The van der Waals surface area contributed by atoms with Gasteiger partial charge in [0.05, 0.1) is 19.6 Å². The molecular weight excluding hydrogens is 344 g/mol. The fraction of sp³-hybridized carbons (Fsp3) is 0.227. The monoisotopic (exact) mass is 366 g/mol. The second kappa shape index (κ2) is 7.58. The lowest BCUT2D eigenvalue weighted by Crippen LogP contribution is -2.11. The van der Waals surface area contributed by atoms with E-state index in [2.05, 4.69) is 6.58 Å². The van der Waals surface area contributed by atoms with Crippen LogP contribution in [0, 0.1) is 13.8 Å². The van der Waals surface area contributed by atoms with Crippen LogP contribution in [0.3, 0.4) is 0 Å². The molecule has 0 fully saturated rings. The van der Waals surface area contributed by atoms with Gasteiger partial charge in [-0.3, -0.25) is 4.79 Å². The molecule has 0 spiro atoms. The topological polar surface area (TPSA) is 57.9 Å². The summed E-state index contributed by atoms with van der Waals surface area (Å²) in [6.07, 6.45) is 1.59. The highest BCUT2D eigenvalue weighted by Crippen LogP contribution is 2.37. The molecule has 5 nitrogen and oxygen atoms in total. The van der Waals surface area contributed by atoms with E-state index in [0.29, 0.717) is 33.8 Å². The summed E-state index contributed by atoms with van der Waals surface area (Å²) < 4.78 is 22.5. The van der Waals surface area contributed by atoms with E-state index in [0.717, 1.165) is 11.1 Å². The van der Waals surface area contributed by atoms with Gasteiger partial charge in [0.2, 0.25) is 11.2 Å². The predicted octanol–water partition coefficient (Wildman–Crippen LogP) is 4.66. The van der Waals surface area contributed by atoms with Crippen LogP contribution < -0.4 is 19.6 Å². The summed E-state index contributed by atoms with van der Waals surface area (Å²) >= 11 is 0. The van der Waals surface area contributed by atoms with Gasteiger partial charge < -0.3 is 18.6 Å². The molecule has 0 aliphatic heterocycles. The first-order chi connectivity index (χ1) is 13.0. The van der Waals surface area contributed by atoms with E-state index in [1.54, 1.807) is 38.5 Å². The quantitative estimate of drug-likeness (QED) is 0.594. The van der Waals surface area contributed by atoms with E-state index in [1.807, 2.05) is 26.0 Å². The molecule has 3 aromatic rings. The largest absolute Gasteiger partial charge is 0.493 e. The van der Waals surface area contributed by atoms with Crippen molar-refractivity contribution in [1.82, 2.24) is 0 Å². The maximum Gasteiger partial charge on any atom is 0.235 e. The highest BCUT2D eigenvalue weighted by molar-refractivity contribution is 5.85. The summed E-state index contributed by atoms with van der Waals surface area (Å²) in [4.78, 5) is 13.1. The number of methoxy groups -OCH3 is 2. The maximum absolute atomic E-state index is 13.1. The zero-order chi connectivity index (χ0) is 19.6. The molecule has 0 radical (unpaired) electrons. The number of hydrogen-bond donors (Lipinski definition) is 0. The van der Waals surface area contributed by atoms with Crippen molar-refractivity contribution < 1.29 is 18.6 Å². The second-order valence-corrected chi connectivity index (χ2v) is 6.22. The Morgan fingerprint density at radius 3 is 2.48 bits per heavy atom. The molecule has 0 aliphatic rings. The van der Waals surface area contributed by atoms with Crippen LogP contribution in [0.25, 0.3) is 22.3 Å². The first kappa shape index (κ1) is 18.6. The van der Waals surface area contributed by atoms with Crippen LogP contribution in [-0.2, 0) is 0 Å². The van der Waals surface area contributed by atoms with E-state index in [-0.39, 0.29) is 17.8 Å². The van der Waals surface area contributed by atoms with E-state index in [1.165, 1.54) is 0 Å². The number of fused-ring (bicyclic) bond motifs is 1. The minimum Gasteiger partial charge on any atom is -0.493 e. The van der Waals surface area contributed by atoms with E-state index < -0.39 is 0 Å². The maximum atomic E-state index is 13.1. The third kappa shape index (κ3) is 3.40. The summed E-state index contributed by atoms with van der Waals surface area (Å²) in [6, 6.07) is 9.11. The summed E-state index contributed by atoms with van der Waals surface area (Å²) in [5.41, 5.74) is 2.86. The van der Waals surface area contributed by atoms with Gasteiger partial charge in [-0.15, -0.1) is 0 Å². The minimum atomic E-state index is -0.213. The Morgan fingerprint density at radius 1 is 1.07 bits per heavy atom. The van der Waals surface area contributed by atoms with Gasteiger partial charge in [0.1, 0.15) is 12.2 Å². The fourth-order valence-electron chi connectivity index (χ4n) is 3.07. The molecule has 3 rings (SSSR count). The molecule has 0 aliphatic carbocycles. The van der Waals surface area contributed by atoms with Crippen LogP contribution >= 0.6 is 0 Å². The molecule has 0 unspecified atom stereocenters. The van der Waals surface area contributed by atoms with Crippen molar-refractivity contribution in [2.75, 3.05) is 20.8 Å². The van der Waals surface area contributed by atoms with Gasteiger partial charge in [-0.2, -0.15) is 0 Å². The Balaban J connectivity index is 2.33. The smallest absolute Gasteiger partial charge is 0.235 e. The minimum absolute atomic E-state index is 0.152. The second-order valence-electron chi connectivity index (χ2n) is 6.22. The van der Waals surface area contributed by atoms with Gasteiger partial charge in [-0.05, 0) is 49.2 Å². The lowest BCUT2D eigenvalue weighted by molar-refractivity contribution is 0.350. The summed E-state index contributed by atoms with van der Waals surface area (Å²) in [5, 5.41) is 0.496. The Labute approximate surface area is 157 Å². The number of hydrogen-bond acceptors (Lipinski definition) is 5. The SMILES string of the molecule is C=CCOc1c(-c2ccc(OC)c(OC)c2)oc2c(C)cc(C)cc2c1=O. The first-order valence-electron chi connectivity index (χ1n) is 8.54. The van der Waals surface area contributed by atoms with Crippen molar-refractivity contribution in [1.29, 1.82) is 0 Å². The Kier molecular flexibility index (Phi) is 5.21. The van der Waals surface area contributed by atoms with Crippen molar-refractivity contribution in [3.63, 3.8) is 0 Å². The van der Waals surface area contributed by atoms with Gasteiger partial charge in [0, 0.05) is 5.56 Å². The summed E-state index contributed by atoms with van der Waals surface area (Å²) in [5.74, 6) is 1.62.